The van der Waals surface area contributed by atoms with Crippen molar-refractivity contribution in [3.05, 3.63) is 125 Å². The summed E-state index contributed by atoms with van der Waals surface area (Å²) in [6, 6.07) is 33.1. The quantitative estimate of drug-likeness (QED) is 0.102. The van der Waals surface area contributed by atoms with Crippen LogP contribution in [0.3, 0.4) is 0 Å². The van der Waals surface area contributed by atoms with Crippen molar-refractivity contribution >= 4 is 23.8 Å². The number of carbonyl (C=O) groups is 2. The van der Waals surface area contributed by atoms with Gasteiger partial charge in [0, 0.05) is 23.8 Å². The summed E-state index contributed by atoms with van der Waals surface area (Å²) < 4.78 is 20.0. The van der Waals surface area contributed by atoms with Gasteiger partial charge in [0.05, 0.1) is 31.1 Å². The molecule has 1 aliphatic rings. The second-order valence-corrected chi connectivity index (χ2v) is 13.0. The van der Waals surface area contributed by atoms with Crippen LogP contribution in [0.25, 0.3) is 16.8 Å². The number of aliphatic hydroxyl groups is 1. The molecule has 3 N–H and O–H groups in total. The minimum absolute atomic E-state index is 0.0170. The number of para-hydroxylation sites is 1. The Hall–Kier alpha value is -5.08. The highest BCUT2D eigenvalue weighted by molar-refractivity contribution is 7.99. The van der Waals surface area contributed by atoms with E-state index in [4.69, 9.17) is 14.2 Å². The summed E-state index contributed by atoms with van der Waals surface area (Å²) in [6.45, 7) is 4.14. The van der Waals surface area contributed by atoms with E-state index in [0.717, 1.165) is 39.1 Å². The van der Waals surface area contributed by atoms with Crippen LogP contribution < -0.4 is 10.6 Å². The number of carbonyl (C=O) groups excluding carboxylic acids is 2. The molecule has 5 aromatic rings. The summed E-state index contributed by atoms with van der Waals surface area (Å²) in [4.78, 5) is 23.8. The lowest BCUT2D eigenvalue weighted by molar-refractivity contribution is -0.268. The fraction of sp³-hybridized carbons (Fsp3) is 0.289. The molecule has 2 heterocycles. The molecule has 4 unspecified atom stereocenters. The first-order valence-electron chi connectivity index (χ1n) is 16.8. The second kappa shape index (κ2) is 17.2. The lowest BCUT2D eigenvalue weighted by Crippen LogP contribution is -2.38. The summed E-state index contributed by atoms with van der Waals surface area (Å²) in [5.74, 6) is 0.0778. The van der Waals surface area contributed by atoms with Crippen molar-refractivity contribution in [3.8, 4) is 16.8 Å². The van der Waals surface area contributed by atoms with E-state index < -0.39 is 18.3 Å². The Labute approximate surface area is 300 Å². The molecule has 1 aromatic heterocycles. The van der Waals surface area contributed by atoms with Crippen molar-refractivity contribution in [1.82, 2.24) is 30.8 Å². The van der Waals surface area contributed by atoms with Gasteiger partial charge in [-0.2, -0.15) is 4.68 Å². The minimum atomic E-state index is -0.660. The highest BCUT2D eigenvalue weighted by Gasteiger charge is 2.38. The summed E-state index contributed by atoms with van der Waals surface area (Å²) in [5.41, 5.74) is 6.38. The Morgan fingerprint density at radius 1 is 0.882 bits per heavy atom. The summed E-state index contributed by atoms with van der Waals surface area (Å²) in [5, 5.41) is 28.0. The zero-order valence-corrected chi connectivity index (χ0v) is 29.2. The van der Waals surface area contributed by atoms with Gasteiger partial charge in [0.25, 0.3) is 0 Å². The Kier molecular flexibility index (Phi) is 12.1. The van der Waals surface area contributed by atoms with Crippen LogP contribution in [-0.2, 0) is 32.2 Å². The van der Waals surface area contributed by atoms with Gasteiger partial charge in [-0.15, -0.1) is 5.10 Å². The van der Waals surface area contributed by atoms with Crippen molar-refractivity contribution in [2.24, 2.45) is 5.92 Å². The maximum Gasteiger partial charge on any atom is 0.325 e. The minimum Gasteiger partial charge on any atom is -0.465 e. The van der Waals surface area contributed by atoms with Crippen LogP contribution in [0.4, 0.5) is 4.79 Å². The third-order valence-electron chi connectivity index (χ3n) is 8.51. The largest absolute Gasteiger partial charge is 0.465 e. The van der Waals surface area contributed by atoms with E-state index in [9.17, 15) is 14.7 Å². The highest BCUT2D eigenvalue weighted by Crippen LogP contribution is 2.43. The third kappa shape index (κ3) is 9.18. The fourth-order valence-corrected chi connectivity index (χ4v) is 6.86. The molecule has 13 heteroatoms. The van der Waals surface area contributed by atoms with Crippen LogP contribution in [0, 0.1) is 5.92 Å². The van der Waals surface area contributed by atoms with E-state index in [1.807, 2.05) is 97.1 Å². The van der Waals surface area contributed by atoms with Crippen LogP contribution >= 0.6 is 11.8 Å². The van der Waals surface area contributed by atoms with E-state index in [0.29, 0.717) is 10.9 Å². The number of aromatic nitrogens is 4. The molecular formula is C38H40N6O6S. The van der Waals surface area contributed by atoms with Crippen LogP contribution in [0.5, 0.6) is 0 Å². The molecule has 4 aromatic carbocycles. The monoisotopic (exact) mass is 708 g/mol. The number of urea groups is 1. The maximum absolute atomic E-state index is 12.2. The lowest BCUT2D eigenvalue weighted by Gasteiger charge is -2.41. The van der Waals surface area contributed by atoms with Gasteiger partial charge < -0.3 is 30.0 Å². The molecular weight excluding hydrogens is 669 g/mol. The van der Waals surface area contributed by atoms with Gasteiger partial charge in [-0.05, 0) is 69.4 Å². The Morgan fingerprint density at radius 3 is 2.41 bits per heavy atom. The second-order valence-electron chi connectivity index (χ2n) is 12.0. The molecule has 1 fully saturated rings. The molecule has 264 valence electrons. The number of aliphatic hydroxyl groups excluding tert-OH is 1. The number of rotatable bonds is 13. The lowest BCUT2D eigenvalue weighted by atomic mass is 9.91. The van der Waals surface area contributed by atoms with Crippen LogP contribution in [0.1, 0.15) is 48.5 Å². The number of amides is 2. The van der Waals surface area contributed by atoms with Gasteiger partial charge >= 0.3 is 12.0 Å². The first-order valence-corrected chi connectivity index (χ1v) is 17.7. The molecule has 6 rings (SSSR count). The summed E-state index contributed by atoms with van der Waals surface area (Å²) in [6.07, 6.45) is -1.15. The van der Waals surface area contributed by atoms with Gasteiger partial charge in [0.15, 0.2) is 6.29 Å². The van der Waals surface area contributed by atoms with Gasteiger partial charge in [-0.3, -0.25) is 4.79 Å². The molecule has 12 nitrogen and oxygen atoms in total. The maximum atomic E-state index is 12.2. The van der Waals surface area contributed by atoms with Crippen molar-refractivity contribution in [2.45, 2.75) is 50.7 Å². The van der Waals surface area contributed by atoms with Crippen LogP contribution in [0.2, 0.25) is 0 Å². The summed E-state index contributed by atoms with van der Waals surface area (Å²) in [7, 11) is 0. The van der Waals surface area contributed by atoms with Crippen molar-refractivity contribution in [3.63, 3.8) is 0 Å². The molecule has 4 atom stereocenters. The Balaban J connectivity index is 1.19. The zero-order chi connectivity index (χ0) is 35.6. The number of hydrogen-bond donors (Lipinski definition) is 3. The van der Waals surface area contributed by atoms with E-state index in [2.05, 4.69) is 39.1 Å². The molecule has 0 aliphatic carbocycles. The predicted octanol–water partition coefficient (Wildman–Crippen LogP) is 5.77. The van der Waals surface area contributed by atoms with E-state index in [1.54, 1.807) is 11.6 Å². The van der Waals surface area contributed by atoms with E-state index in [-0.39, 0.29) is 44.4 Å². The molecule has 0 saturated carbocycles. The zero-order valence-electron chi connectivity index (χ0n) is 28.3. The molecule has 1 saturated heterocycles. The average Bonchev–Trinajstić information content (AvgIpc) is 3.65. The molecule has 0 bridgehead atoms. The van der Waals surface area contributed by atoms with Gasteiger partial charge in [0.2, 0.25) is 5.16 Å². The predicted molar refractivity (Wildman–Crippen MR) is 192 cm³/mol. The molecule has 51 heavy (non-hydrogen) atoms. The van der Waals surface area contributed by atoms with Crippen molar-refractivity contribution in [1.29, 1.82) is 0 Å². The van der Waals surface area contributed by atoms with Gasteiger partial charge in [-0.25, -0.2) is 4.79 Å². The van der Waals surface area contributed by atoms with Gasteiger partial charge in [0.1, 0.15) is 6.54 Å². The smallest absolute Gasteiger partial charge is 0.325 e. The van der Waals surface area contributed by atoms with Gasteiger partial charge in [-0.1, -0.05) is 97.5 Å². The number of thioether (sulfide) groups is 1. The number of esters is 1. The number of ether oxygens (including phenoxy) is 3. The standard InChI is InChI=1S/C38H40N6O6S/c1-3-48-34(46)22-40-37(47)39-21-27-9-7-10-29(19-27)30-11-8-12-31(20-30)36-49-33(25(2)35(50-36)28-17-15-26(23-45)16-18-28)24-51-38-41-42-43-44(38)32-13-5-4-6-14-32/h4-20,25,33,35-36,45H,3,21-24H2,1-2H3,(H2,39,40,47). The number of benzene rings is 4. The normalized spacial score (nSPS) is 18.6. The Bertz CT molecular complexity index is 1910. The van der Waals surface area contributed by atoms with E-state index >= 15 is 0 Å². The first kappa shape index (κ1) is 35.7. The molecule has 1 aliphatic heterocycles. The molecule has 0 radical (unpaired) electrons. The average molecular weight is 709 g/mol. The first-order chi connectivity index (χ1) is 24.9. The van der Waals surface area contributed by atoms with Crippen LogP contribution in [0.15, 0.2) is 108 Å². The Morgan fingerprint density at radius 2 is 1.65 bits per heavy atom. The summed E-state index contributed by atoms with van der Waals surface area (Å²) >= 11 is 1.53. The molecule has 2 amide bonds. The number of hydrogen-bond acceptors (Lipinski definition) is 10. The SMILES string of the molecule is CCOC(=O)CNC(=O)NCc1cccc(-c2cccc(C3OC(CSc4nnnn4-c4ccccc4)C(C)C(c4ccc(CO)cc4)O3)c2)c1. The fourth-order valence-electron chi connectivity index (χ4n) is 5.80. The van der Waals surface area contributed by atoms with E-state index in [1.165, 1.54) is 11.8 Å². The number of nitrogens with zero attached hydrogens (tertiary/aromatic N) is 4. The number of tetrazole rings is 1. The molecule has 0 spiro atoms. The topological polar surface area (TPSA) is 150 Å². The third-order valence-corrected chi connectivity index (χ3v) is 9.52. The highest BCUT2D eigenvalue weighted by atomic mass is 32.2. The number of nitrogens with one attached hydrogen (secondary N) is 2. The van der Waals surface area contributed by atoms with Crippen molar-refractivity contribution in [2.75, 3.05) is 18.9 Å². The van der Waals surface area contributed by atoms with Crippen LogP contribution in [-0.4, -0.2) is 62.3 Å². The van der Waals surface area contributed by atoms with Crippen molar-refractivity contribution < 1.29 is 28.9 Å².